The van der Waals surface area contributed by atoms with Gasteiger partial charge < -0.3 is 43.0 Å². The second-order valence-electron chi connectivity index (χ2n) is 8.35. The number of ether oxygens (including phenoxy) is 8. The zero-order valence-electron chi connectivity index (χ0n) is 22.9. The van der Waals surface area contributed by atoms with Crippen molar-refractivity contribution in [3.63, 3.8) is 0 Å². The van der Waals surface area contributed by atoms with E-state index in [-0.39, 0.29) is 38.0 Å². The van der Waals surface area contributed by atoms with Gasteiger partial charge in [-0.2, -0.15) is 0 Å². The highest BCUT2D eigenvalue weighted by Crippen LogP contribution is 2.21. The second kappa shape index (κ2) is 22.2. The normalized spacial score (nSPS) is 12.8. The first-order chi connectivity index (χ1) is 19.6. The van der Waals surface area contributed by atoms with Crippen molar-refractivity contribution in [2.75, 3.05) is 112 Å². The zero-order valence-corrected chi connectivity index (χ0v) is 22.9. The quantitative estimate of drug-likeness (QED) is 0.118. The molecule has 1 heterocycles. The van der Waals surface area contributed by atoms with Crippen LogP contribution in [-0.2, 0) is 42.7 Å². The summed E-state index contributed by atoms with van der Waals surface area (Å²) < 4.78 is 43.0. The van der Waals surface area contributed by atoms with Gasteiger partial charge in [0.15, 0.2) is 0 Å². The molecule has 0 spiro atoms. The molecule has 1 aromatic rings. The van der Waals surface area contributed by atoms with Crippen molar-refractivity contribution in [3.8, 4) is 0 Å². The van der Waals surface area contributed by atoms with Crippen molar-refractivity contribution < 1.29 is 57.4 Å². The van der Waals surface area contributed by atoms with Gasteiger partial charge in [0.1, 0.15) is 0 Å². The number of carbonyl (C=O) groups is 3. The van der Waals surface area contributed by atoms with Crippen LogP contribution in [0.2, 0.25) is 0 Å². The molecule has 0 saturated carbocycles. The van der Waals surface area contributed by atoms with E-state index in [2.05, 4.69) is 0 Å². The van der Waals surface area contributed by atoms with Gasteiger partial charge in [0.05, 0.1) is 130 Å². The number of imide groups is 1. The highest BCUT2D eigenvalue weighted by Gasteiger charge is 2.34. The first-order valence-corrected chi connectivity index (χ1v) is 13.4. The van der Waals surface area contributed by atoms with Crippen LogP contribution in [0.15, 0.2) is 24.3 Å². The molecular weight excluding hydrogens is 530 g/mol. The summed E-state index contributed by atoms with van der Waals surface area (Å²) in [7, 11) is 0. The van der Waals surface area contributed by atoms with E-state index in [9.17, 15) is 14.4 Å². The SMILES string of the molecule is O=C(O)CCOCCOCCOCCOCCOCCOCCOCCOCCN1C(=O)c2ccccc2C1=O. The van der Waals surface area contributed by atoms with Crippen LogP contribution in [0.25, 0.3) is 0 Å². The number of carboxylic acids is 1. The number of hydrogen-bond donors (Lipinski definition) is 1. The Bertz CT molecular complexity index is 818. The maximum absolute atomic E-state index is 12.3. The van der Waals surface area contributed by atoms with E-state index in [1.165, 1.54) is 4.90 Å². The van der Waals surface area contributed by atoms with Crippen LogP contribution in [0, 0.1) is 0 Å². The van der Waals surface area contributed by atoms with Gasteiger partial charge in [-0.05, 0) is 12.1 Å². The predicted octanol–water partition coefficient (Wildman–Crippen LogP) is 0.890. The monoisotopic (exact) mass is 571 g/mol. The molecule has 1 N–H and O–H groups in total. The summed E-state index contributed by atoms with van der Waals surface area (Å²) in [6.07, 6.45) is -0.00894. The van der Waals surface area contributed by atoms with Crippen molar-refractivity contribution in [1.29, 1.82) is 0 Å². The summed E-state index contributed by atoms with van der Waals surface area (Å²) in [5.74, 6) is -1.45. The van der Waals surface area contributed by atoms with Crippen LogP contribution in [0.3, 0.4) is 0 Å². The topological polar surface area (TPSA) is 149 Å². The lowest BCUT2D eigenvalue weighted by atomic mass is 10.1. The summed E-state index contributed by atoms with van der Waals surface area (Å²) in [5.41, 5.74) is 0.874. The third-order valence-electron chi connectivity index (χ3n) is 5.40. The number of aliphatic carboxylic acids is 1. The van der Waals surface area contributed by atoms with Crippen molar-refractivity contribution in [1.82, 2.24) is 4.90 Å². The predicted molar refractivity (Wildman–Crippen MR) is 141 cm³/mol. The molecule has 0 bridgehead atoms. The molecule has 2 amide bonds. The summed E-state index contributed by atoms with van der Waals surface area (Å²) >= 11 is 0. The molecule has 226 valence electrons. The third-order valence-corrected chi connectivity index (χ3v) is 5.40. The van der Waals surface area contributed by atoms with Crippen LogP contribution in [0.4, 0.5) is 0 Å². The summed E-state index contributed by atoms with van der Waals surface area (Å²) in [5, 5.41) is 8.47. The molecule has 13 heteroatoms. The standard InChI is InChI=1S/C27H41NO12/c29-25(30)5-7-33-9-11-35-13-15-37-17-19-39-21-22-40-20-18-38-16-14-36-12-10-34-8-6-28-26(31)23-3-1-2-4-24(23)27(28)32/h1-4H,5-22H2,(H,29,30). The Kier molecular flexibility index (Phi) is 18.7. The molecule has 1 aromatic carbocycles. The van der Waals surface area contributed by atoms with Gasteiger partial charge in [-0.1, -0.05) is 12.1 Å². The number of hydrogen-bond acceptors (Lipinski definition) is 11. The Hall–Kier alpha value is -2.49. The lowest BCUT2D eigenvalue weighted by Gasteiger charge is -2.13. The Balaban J connectivity index is 1.23. The molecule has 1 aliphatic rings. The van der Waals surface area contributed by atoms with Crippen molar-refractivity contribution >= 4 is 17.8 Å². The molecule has 0 radical (unpaired) electrons. The van der Waals surface area contributed by atoms with Gasteiger partial charge in [0.25, 0.3) is 11.8 Å². The van der Waals surface area contributed by atoms with Crippen LogP contribution in [-0.4, -0.2) is 140 Å². The molecule has 0 atom stereocenters. The highest BCUT2D eigenvalue weighted by molar-refractivity contribution is 6.21. The molecular formula is C27H41NO12. The average molecular weight is 572 g/mol. The number of carbonyl (C=O) groups excluding carboxylic acids is 2. The Morgan fingerprint density at radius 3 is 1.15 bits per heavy atom. The summed E-state index contributed by atoms with van der Waals surface area (Å²) in [4.78, 5) is 36.0. The Morgan fingerprint density at radius 1 is 0.525 bits per heavy atom. The lowest BCUT2D eigenvalue weighted by molar-refractivity contribution is -0.138. The zero-order chi connectivity index (χ0) is 28.7. The van der Waals surface area contributed by atoms with E-state index in [0.717, 1.165) is 0 Å². The Morgan fingerprint density at radius 2 is 0.825 bits per heavy atom. The van der Waals surface area contributed by atoms with E-state index in [1.807, 2.05) is 0 Å². The maximum atomic E-state index is 12.3. The second-order valence-corrected chi connectivity index (χ2v) is 8.35. The molecule has 0 aromatic heterocycles. The van der Waals surface area contributed by atoms with E-state index in [4.69, 9.17) is 43.0 Å². The molecule has 0 aliphatic carbocycles. The van der Waals surface area contributed by atoms with Crippen LogP contribution in [0.5, 0.6) is 0 Å². The number of rotatable bonds is 27. The maximum Gasteiger partial charge on any atom is 0.305 e. The highest BCUT2D eigenvalue weighted by atomic mass is 16.6. The van der Waals surface area contributed by atoms with E-state index in [1.54, 1.807) is 24.3 Å². The molecule has 0 unspecified atom stereocenters. The molecule has 13 nitrogen and oxygen atoms in total. The van der Waals surface area contributed by atoms with E-state index >= 15 is 0 Å². The molecule has 0 saturated heterocycles. The first kappa shape index (κ1) is 33.7. The average Bonchev–Trinajstić information content (AvgIpc) is 3.19. The smallest absolute Gasteiger partial charge is 0.305 e. The minimum atomic E-state index is -0.881. The first-order valence-electron chi connectivity index (χ1n) is 13.4. The minimum absolute atomic E-state index is 0.00894. The van der Waals surface area contributed by atoms with Gasteiger partial charge in [-0.25, -0.2) is 0 Å². The minimum Gasteiger partial charge on any atom is -0.481 e. The Labute approximate surface area is 234 Å². The van der Waals surface area contributed by atoms with Crippen molar-refractivity contribution in [2.24, 2.45) is 0 Å². The number of carboxylic acid groups (broad SMARTS) is 1. The third kappa shape index (κ3) is 14.8. The molecule has 2 rings (SSSR count). The van der Waals surface area contributed by atoms with Gasteiger partial charge in [0.2, 0.25) is 0 Å². The lowest BCUT2D eigenvalue weighted by Crippen LogP contribution is -2.33. The largest absolute Gasteiger partial charge is 0.481 e. The number of amides is 2. The number of fused-ring (bicyclic) bond motifs is 1. The van der Waals surface area contributed by atoms with Gasteiger partial charge in [-0.3, -0.25) is 19.3 Å². The molecule has 40 heavy (non-hydrogen) atoms. The van der Waals surface area contributed by atoms with Crippen molar-refractivity contribution in [2.45, 2.75) is 6.42 Å². The fourth-order valence-corrected chi connectivity index (χ4v) is 3.40. The van der Waals surface area contributed by atoms with Gasteiger partial charge in [-0.15, -0.1) is 0 Å². The fraction of sp³-hybridized carbons (Fsp3) is 0.667. The van der Waals surface area contributed by atoms with Crippen LogP contribution < -0.4 is 0 Å². The number of benzene rings is 1. The van der Waals surface area contributed by atoms with Gasteiger partial charge >= 0.3 is 5.97 Å². The van der Waals surface area contributed by atoms with E-state index < -0.39 is 5.97 Å². The van der Waals surface area contributed by atoms with Crippen LogP contribution in [0.1, 0.15) is 27.1 Å². The molecule has 0 fully saturated rings. The molecule has 1 aliphatic heterocycles. The van der Waals surface area contributed by atoms with Crippen LogP contribution >= 0.6 is 0 Å². The number of nitrogens with zero attached hydrogens (tertiary/aromatic N) is 1. The fourth-order valence-electron chi connectivity index (χ4n) is 3.40. The van der Waals surface area contributed by atoms with E-state index in [0.29, 0.717) is 104 Å². The summed E-state index contributed by atoms with van der Waals surface area (Å²) in [6, 6.07) is 6.79. The summed E-state index contributed by atoms with van der Waals surface area (Å²) in [6.45, 7) is 6.65. The van der Waals surface area contributed by atoms with Gasteiger partial charge in [0, 0.05) is 0 Å². The van der Waals surface area contributed by atoms with Crippen molar-refractivity contribution in [3.05, 3.63) is 35.4 Å².